The molecule has 1 saturated heterocycles. The Hall–Kier alpha value is -1.13. The lowest BCUT2D eigenvalue weighted by molar-refractivity contribution is 0.0884. The molecule has 2 atom stereocenters. The zero-order valence-corrected chi connectivity index (χ0v) is 11.4. The first kappa shape index (κ1) is 13.3. The van der Waals surface area contributed by atoms with Gasteiger partial charge in [-0.25, -0.2) is 0 Å². The number of nitrogens with one attached hydrogen (secondary N) is 1. The van der Waals surface area contributed by atoms with Crippen LogP contribution in [0.5, 0.6) is 0 Å². The standard InChI is InChI=1S/C13H18ClN3O/c1-9-8-17(2)6-4-12(9)16-13(18)10-3-5-15-7-11(10)14/h3,5,7,9,12H,4,6,8H2,1-2H3,(H,16,18). The molecule has 1 N–H and O–H groups in total. The number of hydrogen-bond acceptors (Lipinski definition) is 3. The van der Waals surface area contributed by atoms with Gasteiger partial charge < -0.3 is 10.2 Å². The maximum absolute atomic E-state index is 12.1. The van der Waals surface area contributed by atoms with E-state index in [1.165, 1.54) is 6.20 Å². The molecule has 2 rings (SSSR count). The third-order valence-electron chi connectivity index (χ3n) is 3.44. The molecule has 1 aromatic heterocycles. The second-order valence-corrected chi connectivity index (χ2v) is 5.37. The Morgan fingerprint density at radius 3 is 3.06 bits per heavy atom. The van der Waals surface area contributed by atoms with Gasteiger partial charge in [-0.2, -0.15) is 0 Å². The average molecular weight is 268 g/mol. The van der Waals surface area contributed by atoms with Crippen molar-refractivity contribution >= 4 is 17.5 Å². The average Bonchev–Trinajstić information content (AvgIpc) is 2.33. The van der Waals surface area contributed by atoms with Gasteiger partial charge in [-0.15, -0.1) is 0 Å². The van der Waals surface area contributed by atoms with E-state index >= 15 is 0 Å². The Morgan fingerprint density at radius 1 is 1.61 bits per heavy atom. The van der Waals surface area contributed by atoms with E-state index in [1.54, 1.807) is 12.3 Å². The molecule has 5 heteroatoms. The number of amides is 1. The second-order valence-electron chi connectivity index (χ2n) is 4.96. The quantitative estimate of drug-likeness (QED) is 0.889. The van der Waals surface area contributed by atoms with Gasteiger partial charge in [0.05, 0.1) is 10.6 Å². The van der Waals surface area contributed by atoms with Crippen LogP contribution in [0.4, 0.5) is 0 Å². The van der Waals surface area contributed by atoms with E-state index in [0.29, 0.717) is 16.5 Å². The van der Waals surface area contributed by atoms with Crippen molar-refractivity contribution in [2.24, 2.45) is 5.92 Å². The molecule has 4 nitrogen and oxygen atoms in total. The Balaban J connectivity index is 2.02. The SMILES string of the molecule is CC1CN(C)CCC1NC(=O)c1ccncc1Cl. The monoisotopic (exact) mass is 267 g/mol. The highest BCUT2D eigenvalue weighted by Gasteiger charge is 2.26. The number of nitrogens with zero attached hydrogens (tertiary/aromatic N) is 2. The summed E-state index contributed by atoms with van der Waals surface area (Å²) in [6, 6.07) is 1.87. The van der Waals surface area contributed by atoms with Gasteiger partial charge in [0.15, 0.2) is 0 Å². The van der Waals surface area contributed by atoms with Crippen molar-refractivity contribution in [1.82, 2.24) is 15.2 Å². The Morgan fingerprint density at radius 2 is 2.39 bits per heavy atom. The first-order valence-corrected chi connectivity index (χ1v) is 6.54. The predicted octanol–water partition coefficient (Wildman–Crippen LogP) is 1.80. The van der Waals surface area contributed by atoms with E-state index in [4.69, 9.17) is 11.6 Å². The van der Waals surface area contributed by atoms with E-state index in [9.17, 15) is 4.79 Å². The Labute approximate surface area is 112 Å². The minimum absolute atomic E-state index is 0.108. The maximum Gasteiger partial charge on any atom is 0.253 e. The summed E-state index contributed by atoms with van der Waals surface area (Å²) in [7, 11) is 2.11. The molecule has 1 aliphatic heterocycles. The van der Waals surface area contributed by atoms with Crippen LogP contribution in [-0.4, -0.2) is 42.0 Å². The number of halogens is 1. The minimum atomic E-state index is -0.108. The van der Waals surface area contributed by atoms with Gasteiger partial charge in [0.2, 0.25) is 0 Å². The van der Waals surface area contributed by atoms with Gasteiger partial charge in [-0.3, -0.25) is 9.78 Å². The third kappa shape index (κ3) is 3.00. The number of carbonyl (C=O) groups is 1. The van der Waals surface area contributed by atoms with E-state index in [0.717, 1.165) is 19.5 Å². The molecule has 2 unspecified atom stereocenters. The highest BCUT2D eigenvalue weighted by atomic mass is 35.5. The summed E-state index contributed by atoms with van der Waals surface area (Å²) < 4.78 is 0. The van der Waals surface area contributed by atoms with Crippen LogP contribution in [0.25, 0.3) is 0 Å². The molecule has 1 amide bonds. The van der Waals surface area contributed by atoms with Crippen molar-refractivity contribution in [3.8, 4) is 0 Å². The number of rotatable bonds is 2. The number of likely N-dealkylation sites (tertiary alicyclic amines) is 1. The molecule has 0 bridgehead atoms. The van der Waals surface area contributed by atoms with Gasteiger partial charge in [0.25, 0.3) is 5.91 Å². The summed E-state index contributed by atoms with van der Waals surface area (Å²) >= 11 is 5.96. The maximum atomic E-state index is 12.1. The summed E-state index contributed by atoms with van der Waals surface area (Å²) in [4.78, 5) is 18.3. The van der Waals surface area contributed by atoms with Crippen molar-refractivity contribution < 1.29 is 4.79 Å². The molecule has 0 aromatic carbocycles. The summed E-state index contributed by atoms with van der Waals surface area (Å²) in [5.74, 6) is 0.345. The lowest BCUT2D eigenvalue weighted by Gasteiger charge is -2.35. The number of pyridine rings is 1. The normalized spacial score (nSPS) is 24.8. The smallest absolute Gasteiger partial charge is 0.253 e. The van der Waals surface area contributed by atoms with Crippen molar-refractivity contribution in [2.75, 3.05) is 20.1 Å². The highest BCUT2D eigenvalue weighted by molar-refractivity contribution is 6.33. The largest absolute Gasteiger partial charge is 0.349 e. The van der Waals surface area contributed by atoms with E-state index in [-0.39, 0.29) is 11.9 Å². The first-order chi connectivity index (χ1) is 8.58. The summed E-state index contributed by atoms with van der Waals surface area (Å²) in [6.07, 6.45) is 4.06. The zero-order valence-electron chi connectivity index (χ0n) is 10.7. The third-order valence-corrected chi connectivity index (χ3v) is 3.74. The molecule has 0 aliphatic carbocycles. The van der Waals surface area contributed by atoms with Crippen LogP contribution in [0.1, 0.15) is 23.7 Å². The van der Waals surface area contributed by atoms with Crippen LogP contribution in [0.2, 0.25) is 5.02 Å². The van der Waals surface area contributed by atoms with E-state index in [1.807, 2.05) is 0 Å². The number of piperidine rings is 1. The molecule has 18 heavy (non-hydrogen) atoms. The number of aromatic nitrogens is 1. The van der Waals surface area contributed by atoms with Gasteiger partial charge >= 0.3 is 0 Å². The molecular formula is C13H18ClN3O. The molecule has 98 valence electrons. The summed E-state index contributed by atoms with van der Waals surface area (Å²) in [5, 5.41) is 3.47. The van der Waals surface area contributed by atoms with Crippen LogP contribution in [0.15, 0.2) is 18.5 Å². The highest BCUT2D eigenvalue weighted by Crippen LogP contribution is 2.18. The van der Waals surface area contributed by atoms with Crippen molar-refractivity contribution in [1.29, 1.82) is 0 Å². The van der Waals surface area contributed by atoms with Gasteiger partial charge in [-0.1, -0.05) is 18.5 Å². The van der Waals surface area contributed by atoms with E-state index < -0.39 is 0 Å². The second kappa shape index (κ2) is 5.67. The molecule has 1 aliphatic rings. The topological polar surface area (TPSA) is 45.2 Å². The Bertz CT molecular complexity index is 438. The molecule has 0 radical (unpaired) electrons. The summed E-state index contributed by atoms with van der Waals surface area (Å²) in [5.41, 5.74) is 0.498. The summed E-state index contributed by atoms with van der Waals surface area (Å²) in [6.45, 7) is 4.18. The lowest BCUT2D eigenvalue weighted by Crippen LogP contribution is -2.48. The Kier molecular flexibility index (Phi) is 4.19. The van der Waals surface area contributed by atoms with Gasteiger partial charge in [0.1, 0.15) is 0 Å². The lowest BCUT2D eigenvalue weighted by atomic mass is 9.94. The van der Waals surface area contributed by atoms with Crippen LogP contribution < -0.4 is 5.32 Å². The molecule has 1 aromatic rings. The predicted molar refractivity (Wildman–Crippen MR) is 71.8 cm³/mol. The number of hydrogen-bond donors (Lipinski definition) is 1. The molecular weight excluding hydrogens is 250 g/mol. The zero-order chi connectivity index (χ0) is 13.1. The molecule has 0 saturated carbocycles. The van der Waals surface area contributed by atoms with Crippen LogP contribution >= 0.6 is 11.6 Å². The number of carbonyl (C=O) groups excluding carboxylic acids is 1. The van der Waals surface area contributed by atoms with Crippen LogP contribution in [-0.2, 0) is 0 Å². The molecule has 1 fully saturated rings. The minimum Gasteiger partial charge on any atom is -0.349 e. The van der Waals surface area contributed by atoms with Crippen molar-refractivity contribution in [3.05, 3.63) is 29.0 Å². The van der Waals surface area contributed by atoms with Gasteiger partial charge in [0, 0.05) is 25.0 Å². The fourth-order valence-electron chi connectivity index (χ4n) is 2.37. The van der Waals surface area contributed by atoms with Crippen molar-refractivity contribution in [3.63, 3.8) is 0 Å². The van der Waals surface area contributed by atoms with Crippen LogP contribution in [0.3, 0.4) is 0 Å². The van der Waals surface area contributed by atoms with Crippen molar-refractivity contribution in [2.45, 2.75) is 19.4 Å². The fraction of sp³-hybridized carbons (Fsp3) is 0.538. The first-order valence-electron chi connectivity index (χ1n) is 6.17. The fourth-order valence-corrected chi connectivity index (χ4v) is 2.58. The molecule has 0 spiro atoms. The van der Waals surface area contributed by atoms with E-state index in [2.05, 4.69) is 29.2 Å². The molecule has 2 heterocycles. The van der Waals surface area contributed by atoms with Gasteiger partial charge in [-0.05, 0) is 32.0 Å². The van der Waals surface area contributed by atoms with Crippen LogP contribution in [0, 0.1) is 5.92 Å².